The van der Waals surface area contributed by atoms with Gasteiger partial charge in [0.05, 0.1) is 18.8 Å². The number of rotatable bonds is 6. The lowest BCUT2D eigenvalue weighted by Crippen LogP contribution is -2.38. The summed E-state index contributed by atoms with van der Waals surface area (Å²) in [5.41, 5.74) is 3.23. The molecule has 1 aliphatic heterocycles. The molecular formula is C20H23N3O4. The first-order valence-corrected chi connectivity index (χ1v) is 8.88. The Labute approximate surface area is 157 Å². The Hall–Kier alpha value is -3.06. The molecule has 0 saturated carbocycles. The van der Waals surface area contributed by atoms with Gasteiger partial charge in [0, 0.05) is 31.9 Å². The molecule has 1 fully saturated rings. The molecule has 7 nitrogen and oxygen atoms in total. The second kappa shape index (κ2) is 9.05. The lowest BCUT2D eigenvalue weighted by molar-refractivity contribution is 0.0697. The number of carboxylic acid groups (broad SMARTS) is 1. The molecule has 0 aliphatic carbocycles. The average molecular weight is 369 g/mol. The van der Waals surface area contributed by atoms with Crippen LogP contribution in [0.3, 0.4) is 0 Å². The maximum Gasteiger partial charge on any atom is 0.335 e. The standard InChI is InChI=1S/C20H23N3O4/c24-19(25)16-7-5-15(6-8-16)13-21-20(26)22-14-17-3-1-2-4-18(17)23-9-11-27-12-10-23/h1-8H,9-14H2,(H,24,25)(H2,21,22,26). The van der Waals surface area contributed by atoms with Crippen LogP contribution in [0, 0.1) is 0 Å². The highest BCUT2D eigenvalue weighted by Crippen LogP contribution is 2.21. The van der Waals surface area contributed by atoms with Gasteiger partial charge < -0.3 is 25.4 Å². The minimum atomic E-state index is -0.966. The van der Waals surface area contributed by atoms with Crippen LogP contribution in [-0.4, -0.2) is 43.4 Å². The Morgan fingerprint density at radius 1 is 0.963 bits per heavy atom. The van der Waals surface area contributed by atoms with Crippen molar-refractivity contribution in [2.24, 2.45) is 0 Å². The molecule has 0 spiro atoms. The highest BCUT2D eigenvalue weighted by molar-refractivity contribution is 5.87. The number of hydrogen-bond donors (Lipinski definition) is 3. The molecule has 142 valence electrons. The second-order valence-electron chi connectivity index (χ2n) is 6.27. The second-order valence-corrected chi connectivity index (χ2v) is 6.27. The fraction of sp³-hybridized carbons (Fsp3) is 0.300. The summed E-state index contributed by atoms with van der Waals surface area (Å²) >= 11 is 0. The number of hydrogen-bond acceptors (Lipinski definition) is 4. The van der Waals surface area contributed by atoms with Crippen LogP contribution in [0.4, 0.5) is 10.5 Å². The zero-order chi connectivity index (χ0) is 19.1. The minimum absolute atomic E-state index is 0.225. The van der Waals surface area contributed by atoms with Crippen molar-refractivity contribution in [3.05, 3.63) is 65.2 Å². The lowest BCUT2D eigenvalue weighted by atomic mass is 10.1. The Bertz CT molecular complexity index is 786. The molecule has 1 heterocycles. The predicted molar refractivity (Wildman–Crippen MR) is 102 cm³/mol. The molecule has 1 aliphatic rings. The van der Waals surface area contributed by atoms with Gasteiger partial charge >= 0.3 is 12.0 Å². The summed E-state index contributed by atoms with van der Waals surface area (Å²) in [5, 5.41) is 14.6. The largest absolute Gasteiger partial charge is 0.478 e. The number of urea groups is 1. The third-order valence-electron chi connectivity index (χ3n) is 4.44. The summed E-state index contributed by atoms with van der Waals surface area (Å²) in [7, 11) is 0. The topological polar surface area (TPSA) is 90.9 Å². The van der Waals surface area contributed by atoms with E-state index in [4.69, 9.17) is 9.84 Å². The molecule has 3 N–H and O–H groups in total. The van der Waals surface area contributed by atoms with Gasteiger partial charge in [-0.25, -0.2) is 9.59 Å². The first-order chi connectivity index (χ1) is 13.1. The predicted octanol–water partition coefficient (Wildman–Crippen LogP) is 2.22. The third kappa shape index (κ3) is 5.21. The summed E-state index contributed by atoms with van der Waals surface area (Å²) in [5.74, 6) is -0.966. The highest BCUT2D eigenvalue weighted by atomic mass is 16.5. The number of carboxylic acids is 1. The number of nitrogens with zero attached hydrogens (tertiary/aromatic N) is 1. The van der Waals surface area contributed by atoms with Crippen molar-refractivity contribution < 1.29 is 19.4 Å². The van der Waals surface area contributed by atoms with Crippen molar-refractivity contribution in [2.45, 2.75) is 13.1 Å². The van der Waals surface area contributed by atoms with E-state index in [1.165, 1.54) is 12.1 Å². The van der Waals surface area contributed by atoms with Gasteiger partial charge in [-0.05, 0) is 29.3 Å². The van der Waals surface area contributed by atoms with Crippen molar-refractivity contribution in [1.29, 1.82) is 0 Å². The maximum atomic E-state index is 12.1. The van der Waals surface area contributed by atoms with E-state index in [0.717, 1.165) is 29.9 Å². The first kappa shape index (κ1) is 18.7. The summed E-state index contributed by atoms with van der Waals surface area (Å²) in [6.45, 7) is 3.87. The molecular weight excluding hydrogens is 346 g/mol. The van der Waals surface area contributed by atoms with Gasteiger partial charge in [0.25, 0.3) is 0 Å². The van der Waals surface area contributed by atoms with E-state index in [9.17, 15) is 9.59 Å². The summed E-state index contributed by atoms with van der Waals surface area (Å²) in [6.07, 6.45) is 0. The van der Waals surface area contributed by atoms with Crippen LogP contribution < -0.4 is 15.5 Å². The number of ether oxygens (including phenoxy) is 1. The maximum absolute atomic E-state index is 12.1. The van der Waals surface area contributed by atoms with Gasteiger partial charge in [0.15, 0.2) is 0 Å². The number of morpholine rings is 1. The fourth-order valence-electron chi connectivity index (χ4n) is 2.96. The van der Waals surface area contributed by atoms with E-state index < -0.39 is 5.97 Å². The van der Waals surface area contributed by atoms with Gasteiger partial charge in [0.2, 0.25) is 0 Å². The van der Waals surface area contributed by atoms with E-state index in [0.29, 0.717) is 26.3 Å². The van der Waals surface area contributed by atoms with E-state index in [1.807, 2.05) is 18.2 Å². The highest BCUT2D eigenvalue weighted by Gasteiger charge is 2.14. The van der Waals surface area contributed by atoms with Crippen LogP contribution in [0.2, 0.25) is 0 Å². The smallest absolute Gasteiger partial charge is 0.335 e. The Morgan fingerprint density at radius 2 is 1.63 bits per heavy atom. The molecule has 0 radical (unpaired) electrons. The molecule has 0 aromatic heterocycles. The van der Waals surface area contributed by atoms with Gasteiger partial charge in [0.1, 0.15) is 0 Å². The normalized spacial score (nSPS) is 13.9. The van der Waals surface area contributed by atoms with Crippen LogP contribution >= 0.6 is 0 Å². The van der Waals surface area contributed by atoms with Crippen molar-refractivity contribution >= 4 is 17.7 Å². The quantitative estimate of drug-likeness (QED) is 0.726. The van der Waals surface area contributed by atoms with E-state index in [2.05, 4.69) is 21.6 Å². The summed E-state index contributed by atoms with van der Waals surface area (Å²) < 4.78 is 5.40. The SMILES string of the molecule is O=C(NCc1ccc(C(=O)O)cc1)NCc1ccccc1N1CCOCC1. The molecule has 2 aromatic rings. The number of para-hydroxylation sites is 1. The molecule has 3 rings (SSSR count). The zero-order valence-electron chi connectivity index (χ0n) is 15.0. The first-order valence-electron chi connectivity index (χ1n) is 8.88. The minimum Gasteiger partial charge on any atom is -0.478 e. The van der Waals surface area contributed by atoms with Crippen LogP contribution in [0.1, 0.15) is 21.5 Å². The Balaban J connectivity index is 1.51. The molecule has 27 heavy (non-hydrogen) atoms. The number of carbonyl (C=O) groups is 2. The molecule has 0 bridgehead atoms. The molecule has 0 unspecified atom stereocenters. The van der Waals surface area contributed by atoms with Crippen LogP contribution in [-0.2, 0) is 17.8 Å². The fourth-order valence-corrected chi connectivity index (χ4v) is 2.96. The number of anilines is 1. The van der Waals surface area contributed by atoms with Crippen molar-refractivity contribution in [1.82, 2.24) is 10.6 Å². The van der Waals surface area contributed by atoms with Crippen molar-refractivity contribution in [3.63, 3.8) is 0 Å². The monoisotopic (exact) mass is 369 g/mol. The molecule has 2 aromatic carbocycles. The Kier molecular flexibility index (Phi) is 6.27. The summed E-state index contributed by atoms with van der Waals surface area (Å²) in [6, 6.07) is 14.2. The van der Waals surface area contributed by atoms with Gasteiger partial charge in [-0.2, -0.15) is 0 Å². The van der Waals surface area contributed by atoms with Crippen molar-refractivity contribution in [3.8, 4) is 0 Å². The zero-order valence-corrected chi connectivity index (χ0v) is 15.0. The third-order valence-corrected chi connectivity index (χ3v) is 4.44. The number of benzene rings is 2. The number of aromatic carboxylic acids is 1. The molecule has 2 amide bonds. The van der Waals surface area contributed by atoms with E-state index in [-0.39, 0.29) is 11.6 Å². The Morgan fingerprint density at radius 3 is 2.33 bits per heavy atom. The lowest BCUT2D eigenvalue weighted by Gasteiger charge is -2.30. The van der Waals surface area contributed by atoms with Gasteiger partial charge in [-0.1, -0.05) is 30.3 Å². The number of nitrogens with one attached hydrogen (secondary N) is 2. The van der Waals surface area contributed by atoms with E-state index in [1.54, 1.807) is 12.1 Å². The molecule has 1 saturated heterocycles. The van der Waals surface area contributed by atoms with Crippen molar-refractivity contribution in [2.75, 3.05) is 31.2 Å². The molecule has 0 atom stereocenters. The van der Waals surface area contributed by atoms with Crippen LogP contribution in [0.15, 0.2) is 48.5 Å². The van der Waals surface area contributed by atoms with Gasteiger partial charge in [-0.3, -0.25) is 0 Å². The number of amides is 2. The molecule has 7 heteroatoms. The number of carbonyl (C=O) groups excluding carboxylic acids is 1. The van der Waals surface area contributed by atoms with Gasteiger partial charge in [-0.15, -0.1) is 0 Å². The van der Waals surface area contributed by atoms with E-state index >= 15 is 0 Å². The average Bonchev–Trinajstić information content (AvgIpc) is 2.72. The summed E-state index contributed by atoms with van der Waals surface area (Å²) in [4.78, 5) is 25.2. The van der Waals surface area contributed by atoms with Crippen LogP contribution in [0.25, 0.3) is 0 Å². The van der Waals surface area contributed by atoms with Crippen LogP contribution in [0.5, 0.6) is 0 Å².